The average molecular weight is 311 g/mol. The van der Waals surface area contributed by atoms with E-state index >= 15 is 0 Å². The number of nitrogens with one attached hydrogen (secondary N) is 2. The Morgan fingerprint density at radius 1 is 1.33 bits per heavy atom. The van der Waals surface area contributed by atoms with Gasteiger partial charge in [-0.25, -0.2) is 8.42 Å². The number of rotatable bonds is 7. The van der Waals surface area contributed by atoms with Gasteiger partial charge in [-0.3, -0.25) is 9.40 Å². The number of hydrogen-bond acceptors (Lipinski definition) is 4. The van der Waals surface area contributed by atoms with Crippen molar-refractivity contribution in [2.75, 3.05) is 11.3 Å². The lowest BCUT2D eigenvalue weighted by Gasteiger charge is -2.03. The van der Waals surface area contributed by atoms with Crippen molar-refractivity contribution >= 4 is 15.8 Å². The summed E-state index contributed by atoms with van der Waals surface area (Å²) in [6, 6.07) is 3.29. The average Bonchev–Trinajstić information content (AvgIpc) is 2.97. The van der Waals surface area contributed by atoms with Crippen LogP contribution in [-0.4, -0.2) is 29.3 Å². The highest BCUT2D eigenvalue weighted by molar-refractivity contribution is 7.92. The molecule has 0 aliphatic rings. The van der Waals surface area contributed by atoms with Gasteiger partial charge in [-0.2, -0.15) is 5.10 Å². The van der Waals surface area contributed by atoms with E-state index in [1.165, 1.54) is 0 Å². The number of nitrogens with zero attached hydrogens (tertiary/aromatic N) is 3. The highest BCUT2D eigenvalue weighted by Gasteiger charge is 2.18. The molecular formula is C13H21N5O2S. The predicted molar refractivity (Wildman–Crippen MR) is 81.4 cm³/mol. The quantitative estimate of drug-likeness (QED) is 0.749. The number of hydrogen-bond donors (Lipinski definition) is 2. The molecule has 2 aromatic heterocycles. The van der Waals surface area contributed by atoms with Crippen molar-refractivity contribution in [1.29, 1.82) is 0 Å². The highest BCUT2D eigenvalue weighted by Crippen LogP contribution is 2.17. The molecule has 8 heteroatoms. The van der Waals surface area contributed by atoms with Crippen LogP contribution in [0.2, 0.25) is 0 Å². The molecule has 0 saturated heterocycles. The van der Waals surface area contributed by atoms with Crippen molar-refractivity contribution in [3.8, 4) is 0 Å². The van der Waals surface area contributed by atoms with Gasteiger partial charge < -0.3 is 9.88 Å². The van der Waals surface area contributed by atoms with Gasteiger partial charge in [0.2, 0.25) is 0 Å². The fraction of sp³-hybridized carbons (Fsp3) is 0.462. The summed E-state index contributed by atoms with van der Waals surface area (Å²) in [6.45, 7) is 3.63. The second kappa shape index (κ2) is 6.31. The first-order valence-corrected chi connectivity index (χ1v) is 8.29. The van der Waals surface area contributed by atoms with Crippen LogP contribution < -0.4 is 10.0 Å². The Morgan fingerprint density at radius 3 is 2.71 bits per heavy atom. The molecule has 2 aromatic rings. The second-order valence-electron chi connectivity index (χ2n) is 4.93. The zero-order valence-electron chi connectivity index (χ0n) is 12.5. The van der Waals surface area contributed by atoms with Crippen LogP contribution in [-0.2, 0) is 30.7 Å². The van der Waals surface area contributed by atoms with Crippen LogP contribution in [0.4, 0.5) is 5.82 Å². The van der Waals surface area contributed by atoms with Crippen LogP contribution in [0, 0.1) is 0 Å². The highest BCUT2D eigenvalue weighted by atomic mass is 32.2. The topological polar surface area (TPSA) is 81.0 Å². The van der Waals surface area contributed by atoms with Gasteiger partial charge in [-0.1, -0.05) is 6.92 Å². The van der Waals surface area contributed by atoms with Gasteiger partial charge in [0.15, 0.2) is 5.82 Å². The van der Waals surface area contributed by atoms with E-state index in [0.717, 1.165) is 18.7 Å². The number of sulfonamides is 1. The van der Waals surface area contributed by atoms with Gasteiger partial charge in [0, 0.05) is 44.8 Å². The molecule has 0 aliphatic heterocycles. The fourth-order valence-corrected chi connectivity index (χ4v) is 3.05. The van der Waals surface area contributed by atoms with Crippen LogP contribution in [0.3, 0.4) is 0 Å². The minimum atomic E-state index is -3.61. The summed E-state index contributed by atoms with van der Waals surface area (Å²) in [5.41, 5.74) is 0.921. The lowest BCUT2D eigenvalue weighted by molar-refractivity contribution is 0.600. The first kappa shape index (κ1) is 15.6. The van der Waals surface area contributed by atoms with Crippen molar-refractivity contribution in [1.82, 2.24) is 19.7 Å². The monoisotopic (exact) mass is 311 g/mol. The third-order valence-electron chi connectivity index (χ3n) is 3.08. The maximum absolute atomic E-state index is 12.3. The molecule has 21 heavy (non-hydrogen) atoms. The van der Waals surface area contributed by atoms with E-state index in [4.69, 9.17) is 0 Å². The summed E-state index contributed by atoms with van der Waals surface area (Å²) >= 11 is 0. The van der Waals surface area contributed by atoms with Crippen LogP contribution in [0.5, 0.6) is 0 Å². The normalized spacial score (nSPS) is 11.8. The standard InChI is InChI=1S/C13H21N5O2S/c1-4-6-14-9-11-8-12(10-17(11)2)21(19,20)16-13-5-7-18(3)15-13/h5,7-8,10,14H,4,6,9H2,1-3H3,(H,15,16). The third kappa shape index (κ3) is 3.85. The Labute approximate surface area is 125 Å². The fourth-order valence-electron chi connectivity index (χ4n) is 1.96. The zero-order chi connectivity index (χ0) is 15.5. The Kier molecular flexibility index (Phi) is 4.69. The second-order valence-corrected chi connectivity index (χ2v) is 6.62. The Hall–Kier alpha value is -1.80. The van der Waals surface area contributed by atoms with E-state index < -0.39 is 10.0 Å². The third-order valence-corrected chi connectivity index (χ3v) is 4.40. The van der Waals surface area contributed by atoms with Crippen LogP contribution in [0.25, 0.3) is 0 Å². The molecule has 0 fully saturated rings. The van der Waals surface area contributed by atoms with Crippen LogP contribution in [0.15, 0.2) is 29.4 Å². The van der Waals surface area contributed by atoms with Crippen LogP contribution >= 0.6 is 0 Å². The van der Waals surface area contributed by atoms with Crippen molar-refractivity contribution in [3.63, 3.8) is 0 Å². The van der Waals surface area contributed by atoms with Crippen molar-refractivity contribution in [2.45, 2.75) is 24.8 Å². The van der Waals surface area contributed by atoms with E-state index in [1.807, 2.05) is 11.6 Å². The van der Waals surface area contributed by atoms with Crippen molar-refractivity contribution < 1.29 is 8.42 Å². The molecule has 116 valence electrons. The van der Waals surface area contributed by atoms with Gasteiger partial charge >= 0.3 is 0 Å². The first-order valence-electron chi connectivity index (χ1n) is 6.81. The summed E-state index contributed by atoms with van der Waals surface area (Å²) in [6.07, 6.45) is 4.33. The van der Waals surface area contributed by atoms with Crippen molar-refractivity contribution in [2.24, 2.45) is 14.1 Å². The number of anilines is 1. The molecule has 0 radical (unpaired) electrons. The predicted octanol–water partition coefficient (Wildman–Crippen LogP) is 1.06. The van der Waals surface area contributed by atoms with Crippen LogP contribution in [0.1, 0.15) is 19.0 Å². The molecular weight excluding hydrogens is 290 g/mol. The Bertz CT molecular complexity index is 702. The number of aryl methyl sites for hydroxylation is 2. The molecule has 0 aliphatic carbocycles. The minimum Gasteiger partial charge on any atom is -0.352 e. The molecule has 2 rings (SSSR count). The van der Waals surface area contributed by atoms with E-state index in [1.54, 1.807) is 36.3 Å². The lowest BCUT2D eigenvalue weighted by Crippen LogP contribution is -2.15. The van der Waals surface area contributed by atoms with Gasteiger partial charge in [0.25, 0.3) is 10.0 Å². The van der Waals surface area contributed by atoms with E-state index in [0.29, 0.717) is 12.4 Å². The summed E-state index contributed by atoms with van der Waals surface area (Å²) in [4.78, 5) is 0.240. The van der Waals surface area contributed by atoms with E-state index in [9.17, 15) is 8.42 Å². The molecule has 0 atom stereocenters. The molecule has 0 amide bonds. The van der Waals surface area contributed by atoms with Gasteiger partial charge in [0.1, 0.15) is 4.90 Å². The Balaban J connectivity index is 2.14. The van der Waals surface area contributed by atoms with E-state index in [2.05, 4.69) is 22.1 Å². The van der Waals surface area contributed by atoms with Gasteiger partial charge in [-0.15, -0.1) is 0 Å². The molecule has 7 nitrogen and oxygen atoms in total. The molecule has 0 saturated carbocycles. The maximum Gasteiger partial charge on any atom is 0.264 e. The molecule has 2 N–H and O–H groups in total. The number of aromatic nitrogens is 3. The molecule has 0 unspecified atom stereocenters. The smallest absolute Gasteiger partial charge is 0.264 e. The summed E-state index contributed by atoms with van der Waals surface area (Å²) in [7, 11) is -0.0367. The zero-order valence-corrected chi connectivity index (χ0v) is 13.3. The first-order chi connectivity index (χ1) is 9.92. The minimum absolute atomic E-state index is 0.240. The van der Waals surface area contributed by atoms with Gasteiger partial charge in [-0.05, 0) is 19.0 Å². The Morgan fingerprint density at radius 2 is 2.10 bits per heavy atom. The maximum atomic E-state index is 12.3. The summed E-state index contributed by atoms with van der Waals surface area (Å²) in [5, 5.41) is 7.28. The molecule has 0 aromatic carbocycles. The SMILES string of the molecule is CCCNCc1cc(S(=O)(=O)Nc2ccn(C)n2)cn1C. The molecule has 2 heterocycles. The summed E-state index contributed by atoms with van der Waals surface area (Å²) < 4.78 is 30.5. The lowest BCUT2D eigenvalue weighted by atomic mass is 10.4. The summed E-state index contributed by atoms with van der Waals surface area (Å²) in [5.74, 6) is 0.312. The largest absolute Gasteiger partial charge is 0.352 e. The molecule has 0 spiro atoms. The molecule has 0 bridgehead atoms. The van der Waals surface area contributed by atoms with E-state index in [-0.39, 0.29) is 4.90 Å². The van der Waals surface area contributed by atoms with Gasteiger partial charge in [0.05, 0.1) is 0 Å². The van der Waals surface area contributed by atoms with Crippen molar-refractivity contribution in [3.05, 3.63) is 30.2 Å².